The average Bonchev–Trinajstić information content (AvgIpc) is 3.87. The van der Waals surface area contributed by atoms with Crippen molar-refractivity contribution >= 4 is 44.6 Å². The number of aromatic nitrogens is 2. The number of rotatable bonds is 6. The first-order valence-electron chi connectivity index (χ1n) is 24.9. The van der Waals surface area contributed by atoms with Gasteiger partial charge in [-0.25, -0.2) is 4.98 Å². The van der Waals surface area contributed by atoms with Gasteiger partial charge in [-0.1, -0.05) is 134 Å². The molecule has 8 aromatic rings. The minimum absolute atomic E-state index is 0. The second-order valence-corrected chi connectivity index (χ2v) is 19.7. The number of benzene rings is 6. The van der Waals surface area contributed by atoms with Gasteiger partial charge in [0, 0.05) is 77.8 Å². The average molecular weight is 1000 g/mol. The van der Waals surface area contributed by atoms with Crippen LogP contribution in [0.1, 0.15) is 95.5 Å². The Morgan fingerprint density at radius 1 is 0.694 bits per heavy atom. The van der Waals surface area contributed by atoms with Crippen molar-refractivity contribution in [1.82, 2.24) is 18.5 Å². The normalized spacial score (nSPS) is 20.4. The molecule has 1 fully saturated rings. The molecule has 5 heterocycles. The molecule has 6 aromatic carbocycles. The molecular formula is C56H55N4OPt-. The summed E-state index contributed by atoms with van der Waals surface area (Å²) in [4.78, 5) is 4.84. The van der Waals surface area contributed by atoms with Crippen LogP contribution >= 0.6 is 0 Å². The Morgan fingerprint density at radius 3 is 2.08 bits per heavy atom. The summed E-state index contributed by atoms with van der Waals surface area (Å²) in [5, 5.41) is 1.59. The molecule has 1 saturated heterocycles. The quantitative estimate of drug-likeness (QED) is 0.123. The number of pyridine rings is 1. The van der Waals surface area contributed by atoms with E-state index in [0.717, 1.165) is 44.6 Å². The van der Waals surface area contributed by atoms with Gasteiger partial charge in [-0.15, -0.1) is 29.7 Å². The van der Waals surface area contributed by atoms with Crippen molar-refractivity contribution in [2.24, 2.45) is 0 Å². The van der Waals surface area contributed by atoms with Crippen molar-refractivity contribution in [2.45, 2.75) is 85.4 Å². The molecule has 316 valence electrons. The van der Waals surface area contributed by atoms with Crippen LogP contribution in [-0.2, 0) is 37.3 Å². The Kier molecular flexibility index (Phi) is 7.85. The van der Waals surface area contributed by atoms with Crippen LogP contribution < -0.4 is 13.7 Å². The van der Waals surface area contributed by atoms with Crippen LogP contribution in [0, 0.1) is 25.7 Å². The molecule has 3 aliphatic heterocycles. The van der Waals surface area contributed by atoms with Crippen molar-refractivity contribution in [2.75, 3.05) is 6.67 Å². The van der Waals surface area contributed by atoms with E-state index < -0.39 is 25.0 Å². The summed E-state index contributed by atoms with van der Waals surface area (Å²) in [5.74, 6) is 1.55. The number of aryl methyl sites for hydroxylation is 1. The van der Waals surface area contributed by atoms with E-state index in [4.69, 9.17) is 20.7 Å². The number of hydrogen-bond donors (Lipinski definition) is 0. The Hall–Kier alpha value is -5.32. The number of fused-ring (bicyclic) bond motifs is 3. The van der Waals surface area contributed by atoms with Crippen molar-refractivity contribution in [3.8, 4) is 28.4 Å². The summed E-state index contributed by atoms with van der Waals surface area (Å²) in [7, 11) is 0. The zero-order chi connectivity index (χ0) is 49.5. The van der Waals surface area contributed by atoms with Gasteiger partial charge in [-0.3, -0.25) is 4.48 Å². The number of ether oxygens (including phenoxy) is 1. The maximum Gasteiger partial charge on any atom is 0.184 e. The van der Waals surface area contributed by atoms with Crippen LogP contribution in [0.25, 0.3) is 38.8 Å². The zero-order valence-electron chi connectivity index (χ0n) is 44.6. The van der Waals surface area contributed by atoms with Crippen LogP contribution in [0.3, 0.4) is 0 Å². The Labute approximate surface area is 393 Å². The first kappa shape index (κ1) is 33.3. The third-order valence-electron chi connectivity index (χ3n) is 12.5. The molecule has 0 amide bonds. The van der Waals surface area contributed by atoms with E-state index in [-0.39, 0.29) is 63.9 Å². The molecule has 0 radical (unpaired) electrons. The molecule has 0 spiro atoms. The van der Waals surface area contributed by atoms with Crippen molar-refractivity contribution in [1.29, 1.82) is 0 Å². The third-order valence-corrected chi connectivity index (χ3v) is 12.5. The predicted molar refractivity (Wildman–Crippen MR) is 254 cm³/mol. The van der Waals surface area contributed by atoms with Gasteiger partial charge in [0.15, 0.2) is 18.0 Å². The largest absolute Gasteiger partial charge is 0.509 e. The molecule has 5 nitrogen and oxygen atoms in total. The maximum atomic E-state index is 8.73. The molecule has 2 atom stereocenters. The van der Waals surface area contributed by atoms with Crippen molar-refractivity contribution in [3.63, 3.8) is 0 Å². The second-order valence-electron chi connectivity index (χ2n) is 19.7. The SMILES string of the molecule is [2H]c1c([2H])c([2H])c(-c2ccc3c(c2)c2ccc(Oc4[c-]c([N@@+]56[CH-][N@@+](c7cc(C(C)(C)C)cc(C(C)(C)C)c7)(C5)c5c(C([2H])([2H])[2H])cccc56)ccc4)[c-]c2n3-c2cc(C(C)(C)C)ccn2)c([2H])c1[2H].[Pt]. The summed E-state index contributed by atoms with van der Waals surface area (Å²) in [6.45, 7) is 20.1. The van der Waals surface area contributed by atoms with Crippen molar-refractivity contribution in [3.05, 3.63) is 175 Å². The molecule has 0 N–H and O–H groups in total. The number of hydrogen-bond acceptors (Lipinski definition) is 2. The molecule has 2 bridgehead atoms. The fourth-order valence-electron chi connectivity index (χ4n) is 9.08. The van der Waals surface area contributed by atoms with Gasteiger partial charge in [0.25, 0.3) is 0 Å². The Bertz CT molecular complexity index is 3380. The molecule has 11 rings (SSSR count). The van der Waals surface area contributed by atoms with Gasteiger partial charge >= 0.3 is 0 Å². The molecular weight excluding hydrogens is 940 g/mol. The van der Waals surface area contributed by atoms with E-state index in [1.165, 1.54) is 11.1 Å². The monoisotopic (exact) mass is 1000 g/mol. The Morgan fingerprint density at radius 2 is 1.39 bits per heavy atom. The Balaban J connectivity index is 0.00000608. The third kappa shape index (κ3) is 6.76. The molecule has 6 heteroatoms. The summed E-state index contributed by atoms with van der Waals surface area (Å²) in [6.07, 6.45) is 1.80. The molecule has 2 aromatic heterocycles. The van der Waals surface area contributed by atoms with Crippen molar-refractivity contribution < 1.29 is 36.8 Å². The van der Waals surface area contributed by atoms with Gasteiger partial charge in [-0.05, 0) is 74.5 Å². The fraction of sp³-hybridized carbons (Fsp3) is 0.250. The molecule has 0 saturated carbocycles. The van der Waals surface area contributed by atoms with Crippen LogP contribution in [0.5, 0.6) is 11.5 Å². The zero-order valence-corrected chi connectivity index (χ0v) is 38.9. The van der Waals surface area contributed by atoms with E-state index in [0.29, 0.717) is 40.6 Å². The molecule has 0 unspecified atom stereocenters. The number of quaternary nitrogens is 2. The fourth-order valence-corrected chi connectivity index (χ4v) is 9.08. The van der Waals surface area contributed by atoms with Crippen LogP contribution in [0.15, 0.2) is 133 Å². The van der Waals surface area contributed by atoms with Crippen LogP contribution in [0.2, 0.25) is 0 Å². The number of para-hydroxylation sites is 1. The molecule has 3 aliphatic rings. The minimum Gasteiger partial charge on any atom is -0.509 e. The topological polar surface area (TPSA) is 27.1 Å². The van der Waals surface area contributed by atoms with E-state index in [9.17, 15) is 0 Å². The summed E-state index contributed by atoms with van der Waals surface area (Å²) < 4.78 is 77.8. The molecule has 0 aliphatic carbocycles. The second kappa shape index (κ2) is 14.6. The number of nitrogens with zero attached hydrogens (tertiary/aromatic N) is 4. The maximum absolute atomic E-state index is 8.73. The predicted octanol–water partition coefficient (Wildman–Crippen LogP) is 14.8. The summed E-state index contributed by atoms with van der Waals surface area (Å²) in [6, 6.07) is 37.1. The van der Waals surface area contributed by atoms with E-state index in [2.05, 4.69) is 105 Å². The van der Waals surface area contributed by atoms with Gasteiger partial charge < -0.3 is 13.8 Å². The van der Waals surface area contributed by atoms with Gasteiger partial charge in [-0.2, -0.15) is 12.1 Å². The van der Waals surface area contributed by atoms with E-state index in [1.54, 1.807) is 18.3 Å². The van der Waals surface area contributed by atoms with Gasteiger partial charge in [0.05, 0.1) is 13.5 Å². The summed E-state index contributed by atoms with van der Waals surface area (Å²) >= 11 is 0. The minimum atomic E-state index is -2.35. The standard InChI is InChI=1S/C56H55N4O.Pt/c1-37-16-14-21-51-53(37)60(44-30-41(55(5,6)7)29-42(31-44)56(8,9)10)35-59(51,36-60)43-19-15-20-45(33-43)61-46-23-24-47-48-28-39(38-17-12-11-13-18-38)22-25-49(48)58(50(47)34-46)52-32-40(26-27-57-52)54(2,3)4;/h11-32,35H,36H2,1-10H3;/q-1;/t59-,60+;/m1./s1/i1D3,11D,12D,13D,17D,18D;. The van der Waals surface area contributed by atoms with E-state index in [1.807, 2.05) is 65.2 Å². The molecule has 62 heavy (non-hydrogen) atoms. The van der Waals surface area contributed by atoms with Gasteiger partial charge in [0.2, 0.25) is 0 Å². The first-order chi connectivity index (χ1) is 32.2. The van der Waals surface area contributed by atoms with Crippen LogP contribution in [-0.4, -0.2) is 16.2 Å². The van der Waals surface area contributed by atoms with Gasteiger partial charge in [0.1, 0.15) is 11.5 Å². The van der Waals surface area contributed by atoms with E-state index >= 15 is 0 Å². The first-order valence-corrected chi connectivity index (χ1v) is 20.9. The summed E-state index contributed by atoms with van der Waals surface area (Å²) in [5.41, 5.74) is 8.93. The smallest absolute Gasteiger partial charge is 0.184 e. The van der Waals surface area contributed by atoms with Crippen LogP contribution in [0.4, 0.5) is 22.7 Å².